The molecule has 15 nitrogen and oxygen atoms in total. The van der Waals surface area contributed by atoms with Gasteiger partial charge < -0.3 is 19.3 Å². The van der Waals surface area contributed by atoms with Crippen LogP contribution in [0.25, 0.3) is 27.7 Å². The molecule has 0 aliphatic carbocycles. The maximum atomic E-state index is 13.8. The van der Waals surface area contributed by atoms with Crippen molar-refractivity contribution in [3.05, 3.63) is 131 Å². The first kappa shape index (κ1) is 41.4. The van der Waals surface area contributed by atoms with Crippen molar-refractivity contribution >= 4 is 52.1 Å². The fourth-order valence-electron chi connectivity index (χ4n) is 8.53. The van der Waals surface area contributed by atoms with Crippen LogP contribution in [0.3, 0.4) is 0 Å². The zero-order valence-electron chi connectivity index (χ0n) is 34.2. The first-order valence-electron chi connectivity index (χ1n) is 20.6. The van der Waals surface area contributed by atoms with Crippen LogP contribution in [0.4, 0.5) is 4.39 Å². The highest BCUT2D eigenvalue weighted by Gasteiger charge is 2.42. The smallest absolute Gasteiger partial charge is 0.328 e. The monoisotopic (exact) mass is 872 g/mol. The highest BCUT2D eigenvalue weighted by molar-refractivity contribution is 6.32. The molecular formula is C46H42ClFN8O7. The Labute approximate surface area is 366 Å². The molecule has 9 rings (SSSR count). The van der Waals surface area contributed by atoms with E-state index in [1.807, 2.05) is 53.3 Å². The summed E-state index contributed by atoms with van der Waals surface area (Å²) in [5.74, 6) is -1.71. The third kappa shape index (κ3) is 8.38. The fraction of sp³-hybridized carbons (Fsp3) is 0.283. The number of benzene rings is 4. The summed E-state index contributed by atoms with van der Waals surface area (Å²) in [5, 5.41) is 10.2. The molecule has 2 atom stereocenters. The zero-order valence-corrected chi connectivity index (χ0v) is 35.0. The average Bonchev–Trinajstić information content (AvgIpc) is 4.10. The fourth-order valence-corrected chi connectivity index (χ4v) is 8.78. The van der Waals surface area contributed by atoms with Gasteiger partial charge in [0.25, 0.3) is 17.7 Å². The van der Waals surface area contributed by atoms with Crippen molar-refractivity contribution in [2.24, 2.45) is 0 Å². The Morgan fingerprint density at radius 2 is 1.59 bits per heavy atom. The minimum Gasteiger partial charge on any atom is -0.488 e. The highest BCUT2D eigenvalue weighted by atomic mass is 35.5. The predicted molar refractivity (Wildman–Crippen MR) is 229 cm³/mol. The van der Waals surface area contributed by atoms with E-state index in [2.05, 4.69) is 10.00 Å². The molecule has 2 saturated heterocycles. The molecule has 3 aliphatic rings. The molecular weight excluding hydrogens is 831 g/mol. The summed E-state index contributed by atoms with van der Waals surface area (Å²) in [4.78, 5) is 71.9. The Kier molecular flexibility index (Phi) is 11.5. The number of nitrogens with zero attached hydrogens (tertiary/aromatic N) is 8. The van der Waals surface area contributed by atoms with Crippen LogP contribution in [0.1, 0.15) is 43.9 Å². The Morgan fingerprint density at radius 3 is 2.33 bits per heavy atom. The van der Waals surface area contributed by atoms with Crippen LogP contribution in [0.5, 0.6) is 5.75 Å². The van der Waals surface area contributed by atoms with Crippen LogP contribution in [-0.2, 0) is 20.9 Å². The van der Waals surface area contributed by atoms with Gasteiger partial charge in [0.1, 0.15) is 23.7 Å². The van der Waals surface area contributed by atoms with E-state index in [0.717, 1.165) is 39.5 Å². The first-order valence-corrected chi connectivity index (χ1v) is 21.0. The van der Waals surface area contributed by atoms with Gasteiger partial charge in [-0.15, -0.1) is 0 Å². The molecule has 4 amide bonds. The van der Waals surface area contributed by atoms with Crippen molar-refractivity contribution in [3.8, 4) is 22.6 Å². The lowest BCUT2D eigenvalue weighted by molar-refractivity contribution is -0.145. The molecule has 0 saturated carbocycles. The van der Waals surface area contributed by atoms with E-state index in [1.54, 1.807) is 29.2 Å². The minimum absolute atomic E-state index is 0.0600. The van der Waals surface area contributed by atoms with Gasteiger partial charge in [-0.1, -0.05) is 48.0 Å². The molecule has 0 radical (unpaired) electrons. The van der Waals surface area contributed by atoms with Gasteiger partial charge in [0.05, 0.1) is 59.3 Å². The maximum absolute atomic E-state index is 13.8. The number of fused-ring (bicyclic) bond motifs is 2. The number of esters is 1. The second-order valence-electron chi connectivity index (χ2n) is 15.7. The lowest BCUT2D eigenvalue weighted by Gasteiger charge is -2.35. The van der Waals surface area contributed by atoms with Crippen molar-refractivity contribution in [2.75, 3.05) is 52.9 Å². The van der Waals surface area contributed by atoms with E-state index >= 15 is 0 Å². The Bertz CT molecular complexity index is 2730. The van der Waals surface area contributed by atoms with E-state index in [4.69, 9.17) is 26.2 Å². The Balaban J connectivity index is 0.802. The van der Waals surface area contributed by atoms with Gasteiger partial charge in [-0.3, -0.25) is 33.7 Å². The molecule has 3 aliphatic heterocycles. The summed E-state index contributed by atoms with van der Waals surface area (Å²) in [6, 6.07) is 23.3. The molecule has 322 valence electrons. The number of imide groups is 1. The lowest BCUT2D eigenvalue weighted by atomic mass is 10.0. The average molecular weight is 873 g/mol. The third-order valence-corrected chi connectivity index (χ3v) is 12.1. The van der Waals surface area contributed by atoms with E-state index in [9.17, 15) is 28.4 Å². The number of methoxy groups -OCH3 is 1. The number of rotatable bonds is 12. The number of carbonyl (C=O) groups is 5. The summed E-state index contributed by atoms with van der Waals surface area (Å²) in [5.41, 5.74) is 4.08. The van der Waals surface area contributed by atoms with Crippen LogP contribution in [0, 0.1) is 5.82 Å². The minimum atomic E-state index is -0.885. The standard InChI is InChI=1S/C46H42ClFN8O7/c1-62-46(61)41-24-33(27-55(41)43(58)30-25-49-56(26-30)40-13-12-31(48)23-38(40)47)63-32-7-4-6-29(22-32)34-10-5-11-39-37(34)28-53(50-39)21-18-51-16-19-52(20-17-51)42(57)14-15-54-44(59)35-8-2-3-9-36(35)45(54)60/h2-13,22-23,25-26,28,33,41H,14-21,24,27H2,1H3/t33-,41-/m0/s1. The van der Waals surface area contributed by atoms with Gasteiger partial charge >= 0.3 is 5.97 Å². The largest absolute Gasteiger partial charge is 0.488 e. The van der Waals surface area contributed by atoms with Crippen molar-refractivity contribution in [2.45, 2.75) is 31.5 Å². The molecule has 2 aromatic heterocycles. The van der Waals surface area contributed by atoms with E-state index in [-0.39, 0.29) is 54.2 Å². The normalized spacial score (nSPS) is 17.7. The molecule has 0 N–H and O–H groups in total. The molecule has 5 heterocycles. The number of ether oxygens (including phenoxy) is 2. The van der Waals surface area contributed by atoms with E-state index < -0.39 is 29.8 Å². The second kappa shape index (κ2) is 17.5. The number of halogens is 2. The number of likely N-dealkylation sites (tertiary alicyclic amines) is 1. The summed E-state index contributed by atoms with van der Waals surface area (Å²) < 4.78 is 28.4. The number of amides is 4. The summed E-state index contributed by atoms with van der Waals surface area (Å²) in [7, 11) is 1.28. The van der Waals surface area contributed by atoms with E-state index in [1.165, 1.54) is 41.2 Å². The Morgan fingerprint density at radius 1 is 0.841 bits per heavy atom. The van der Waals surface area contributed by atoms with Gasteiger partial charge in [0.15, 0.2) is 0 Å². The Hall–Kier alpha value is -6.91. The van der Waals surface area contributed by atoms with Crippen LogP contribution in [-0.4, -0.2) is 134 Å². The quantitative estimate of drug-likeness (QED) is 0.116. The molecule has 4 aromatic carbocycles. The molecule has 0 unspecified atom stereocenters. The number of carbonyl (C=O) groups excluding carboxylic acids is 5. The van der Waals surface area contributed by atoms with Crippen LogP contribution in [0.2, 0.25) is 5.02 Å². The number of piperazine rings is 1. The molecule has 0 bridgehead atoms. The van der Waals surface area contributed by atoms with Gasteiger partial charge in [0, 0.05) is 69.9 Å². The SMILES string of the molecule is COC(=O)[C@@H]1C[C@H](Oc2cccc(-c3cccc4nn(CCN5CCN(C(=O)CCN6C(=O)c7ccccc7C6=O)CC5)cc34)c2)CN1C(=O)c1cnn(-c2ccc(F)cc2Cl)c1. The lowest BCUT2D eigenvalue weighted by Crippen LogP contribution is -2.50. The predicted octanol–water partition coefficient (Wildman–Crippen LogP) is 5.35. The number of aromatic nitrogens is 4. The van der Waals surface area contributed by atoms with Crippen molar-refractivity contribution < 1.29 is 37.8 Å². The third-order valence-electron chi connectivity index (χ3n) is 11.8. The van der Waals surface area contributed by atoms with Gasteiger partial charge in [0.2, 0.25) is 5.91 Å². The number of hydrogen-bond donors (Lipinski definition) is 0. The number of hydrogen-bond acceptors (Lipinski definition) is 10. The molecule has 6 aromatic rings. The van der Waals surface area contributed by atoms with Crippen LogP contribution < -0.4 is 4.74 Å². The van der Waals surface area contributed by atoms with Crippen molar-refractivity contribution in [3.63, 3.8) is 0 Å². The second-order valence-corrected chi connectivity index (χ2v) is 16.1. The molecule has 17 heteroatoms. The van der Waals surface area contributed by atoms with E-state index in [0.29, 0.717) is 55.3 Å². The van der Waals surface area contributed by atoms with Gasteiger partial charge in [-0.05, 0) is 59.7 Å². The summed E-state index contributed by atoms with van der Waals surface area (Å²) in [6.07, 6.45) is 4.67. The molecule has 63 heavy (non-hydrogen) atoms. The molecule has 2 fully saturated rings. The van der Waals surface area contributed by atoms with Crippen LogP contribution in [0.15, 0.2) is 104 Å². The van der Waals surface area contributed by atoms with Crippen molar-refractivity contribution in [1.29, 1.82) is 0 Å². The first-order chi connectivity index (χ1) is 30.5. The maximum Gasteiger partial charge on any atom is 0.328 e. The summed E-state index contributed by atoms with van der Waals surface area (Å²) >= 11 is 6.22. The van der Waals surface area contributed by atoms with Gasteiger partial charge in [-0.25, -0.2) is 13.9 Å². The van der Waals surface area contributed by atoms with Crippen LogP contribution >= 0.6 is 11.6 Å². The topological polar surface area (TPSA) is 152 Å². The van der Waals surface area contributed by atoms with Gasteiger partial charge in [-0.2, -0.15) is 10.2 Å². The summed E-state index contributed by atoms with van der Waals surface area (Å²) in [6.45, 7) is 4.08. The highest BCUT2D eigenvalue weighted by Crippen LogP contribution is 2.33. The molecule has 0 spiro atoms. The zero-order chi connectivity index (χ0) is 43.8. The van der Waals surface area contributed by atoms with Crippen molar-refractivity contribution in [1.82, 2.24) is 39.2 Å².